The molecule has 2 rings (SSSR count). The van der Waals surface area contributed by atoms with Gasteiger partial charge in [0.15, 0.2) is 0 Å². The normalized spacial score (nSPS) is 11.0. The van der Waals surface area contributed by atoms with Crippen molar-refractivity contribution in [2.24, 2.45) is 0 Å². The Bertz CT molecular complexity index is 883. The number of hydrogen-bond acceptors (Lipinski definition) is 5. The van der Waals surface area contributed by atoms with Gasteiger partial charge in [-0.25, -0.2) is 13.1 Å². The molecule has 0 bridgehead atoms. The molecule has 0 aromatic heterocycles. The fourth-order valence-electron chi connectivity index (χ4n) is 2.26. The molecule has 6 nitrogen and oxygen atoms in total. The van der Waals surface area contributed by atoms with Crippen molar-refractivity contribution in [2.75, 3.05) is 13.2 Å². The smallest absolute Gasteiger partial charge is 0.264 e. The van der Waals surface area contributed by atoms with Crippen LogP contribution >= 0.6 is 15.9 Å². The fourth-order valence-corrected chi connectivity index (χ4v) is 3.92. The highest BCUT2D eigenvalue weighted by atomic mass is 79.9. The molecule has 0 atom stereocenters. The average molecular weight is 442 g/mol. The van der Waals surface area contributed by atoms with E-state index in [1.54, 1.807) is 24.3 Å². The second-order valence-corrected chi connectivity index (χ2v) is 7.85. The van der Waals surface area contributed by atoms with Crippen LogP contribution in [0.15, 0.2) is 51.8 Å². The van der Waals surface area contributed by atoms with Crippen LogP contribution in [0.4, 0.5) is 0 Å². The number of hydrogen-bond donors (Lipinski definition) is 1. The molecule has 0 spiro atoms. The predicted octanol–water partition coefficient (Wildman–Crippen LogP) is 3.29. The minimum atomic E-state index is -3.97. The van der Waals surface area contributed by atoms with E-state index in [4.69, 9.17) is 9.47 Å². The van der Waals surface area contributed by atoms with Gasteiger partial charge in [-0.05, 0) is 65.7 Å². The van der Waals surface area contributed by atoms with Crippen molar-refractivity contribution in [3.8, 4) is 11.5 Å². The second kappa shape index (κ2) is 9.05. The standard InChI is InChI=1S/C18H20BrNO5S/c1-3-24-14-7-5-6-13(10-14)11-18(21)20-26(22,23)15-8-9-17(25-4-2)16(19)12-15/h5-10,12H,3-4,11H2,1-2H3,(H,20,21). The van der Waals surface area contributed by atoms with Crippen molar-refractivity contribution >= 4 is 31.9 Å². The summed E-state index contributed by atoms with van der Waals surface area (Å²) in [6.45, 7) is 4.66. The molecule has 0 aliphatic carbocycles. The molecule has 1 amide bonds. The Kier molecular flexibility index (Phi) is 7.05. The number of halogens is 1. The molecule has 0 saturated carbocycles. The van der Waals surface area contributed by atoms with Gasteiger partial charge in [0.1, 0.15) is 11.5 Å². The van der Waals surface area contributed by atoms with E-state index in [1.165, 1.54) is 18.2 Å². The molecule has 0 aliphatic heterocycles. The summed E-state index contributed by atoms with van der Waals surface area (Å²) in [6, 6.07) is 11.3. The van der Waals surface area contributed by atoms with Crippen molar-refractivity contribution in [3.63, 3.8) is 0 Å². The Hall–Kier alpha value is -2.06. The van der Waals surface area contributed by atoms with E-state index in [-0.39, 0.29) is 11.3 Å². The molecular weight excluding hydrogens is 422 g/mol. The SMILES string of the molecule is CCOc1cccc(CC(=O)NS(=O)(=O)c2ccc(OCC)c(Br)c2)c1. The highest BCUT2D eigenvalue weighted by Crippen LogP contribution is 2.27. The van der Waals surface area contributed by atoms with Crippen LogP contribution in [0.2, 0.25) is 0 Å². The number of amides is 1. The van der Waals surface area contributed by atoms with E-state index in [9.17, 15) is 13.2 Å². The zero-order valence-electron chi connectivity index (χ0n) is 14.5. The molecule has 0 radical (unpaired) electrons. The van der Waals surface area contributed by atoms with Gasteiger partial charge in [-0.1, -0.05) is 12.1 Å². The highest BCUT2D eigenvalue weighted by Gasteiger charge is 2.19. The Morgan fingerprint density at radius 2 is 1.81 bits per heavy atom. The third-order valence-corrected chi connectivity index (χ3v) is 5.33. The summed E-state index contributed by atoms with van der Waals surface area (Å²) in [5, 5.41) is 0. The van der Waals surface area contributed by atoms with Gasteiger partial charge in [-0.2, -0.15) is 0 Å². The molecule has 0 heterocycles. The van der Waals surface area contributed by atoms with Gasteiger partial charge in [-0.3, -0.25) is 4.79 Å². The molecule has 0 fully saturated rings. The van der Waals surface area contributed by atoms with Gasteiger partial charge in [-0.15, -0.1) is 0 Å². The number of nitrogens with one attached hydrogen (secondary N) is 1. The molecule has 140 valence electrons. The van der Waals surface area contributed by atoms with Gasteiger partial charge >= 0.3 is 0 Å². The Morgan fingerprint density at radius 1 is 1.08 bits per heavy atom. The van der Waals surface area contributed by atoms with Crippen molar-refractivity contribution in [2.45, 2.75) is 25.2 Å². The van der Waals surface area contributed by atoms with Crippen molar-refractivity contribution in [1.29, 1.82) is 0 Å². The number of sulfonamides is 1. The van der Waals surface area contributed by atoms with Crippen LogP contribution in [0.1, 0.15) is 19.4 Å². The van der Waals surface area contributed by atoms with E-state index >= 15 is 0 Å². The summed E-state index contributed by atoms with van der Waals surface area (Å²) in [4.78, 5) is 12.1. The maximum absolute atomic E-state index is 12.4. The first-order chi connectivity index (χ1) is 12.4. The third-order valence-electron chi connectivity index (χ3n) is 3.34. The maximum atomic E-state index is 12.4. The largest absolute Gasteiger partial charge is 0.494 e. The predicted molar refractivity (Wildman–Crippen MR) is 102 cm³/mol. The first kappa shape index (κ1) is 20.3. The molecule has 1 N–H and O–H groups in total. The minimum absolute atomic E-state index is 0.0238. The van der Waals surface area contributed by atoms with E-state index in [0.29, 0.717) is 34.7 Å². The number of carbonyl (C=O) groups excluding carboxylic acids is 1. The molecule has 2 aromatic rings. The van der Waals surface area contributed by atoms with Crippen molar-refractivity contribution in [3.05, 3.63) is 52.5 Å². The van der Waals surface area contributed by atoms with E-state index in [2.05, 4.69) is 20.7 Å². The second-order valence-electron chi connectivity index (χ2n) is 5.31. The quantitative estimate of drug-likeness (QED) is 0.679. The molecule has 26 heavy (non-hydrogen) atoms. The lowest BCUT2D eigenvalue weighted by atomic mass is 10.1. The Morgan fingerprint density at radius 3 is 2.46 bits per heavy atom. The van der Waals surface area contributed by atoms with Crippen LogP contribution in [0.3, 0.4) is 0 Å². The molecular formula is C18H20BrNO5S. The summed E-state index contributed by atoms with van der Waals surface area (Å²) in [5.41, 5.74) is 0.663. The molecule has 0 saturated heterocycles. The lowest BCUT2D eigenvalue weighted by Crippen LogP contribution is -2.31. The van der Waals surface area contributed by atoms with E-state index < -0.39 is 15.9 Å². The number of rotatable bonds is 8. The molecule has 0 unspecified atom stereocenters. The Balaban J connectivity index is 2.10. The number of carbonyl (C=O) groups is 1. The summed E-state index contributed by atoms with van der Waals surface area (Å²) < 4.78 is 38.1. The molecule has 0 aliphatic rings. The van der Waals surface area contributed by atoms with Crippen LogP contribution in [0.5, 0.6) is 11.5 Å². The first-order valence-electron chi connectivity index (χ1n) is 8.05. The summed E-state index contributed by atoms with van der Waals surface area (Å²) in [6.07, 6.45) is -0.0711. The monoisotopic (exact) mass is 441 g/mol. The fraction of sp³-hybridized carbons (Fsp3) is 0.278. The lowest BCUT2D eigenvalue weighted by molar-refractivity contribution is -0.118. The zero-order valence-corrected chi connectivity index (χ0v) is 16.9. The average Bonchev–Trinajstić information content (AvgIpc) is 2.57. The summed E-state index contributed by atoms with van der Waals surface area (Å²) in [5.74, 6) is 0.547. The minimum Gasteiger partial charge on any atom is -0.494 e. The zero-order chi connectivity index (χ0) is 19.2. The van der Waals surface area contributed by atoms with Gasteiger partial charge < -0.3 is 9.47 Å². The highest BCUT2D eigenvalue weighted by molar-refractivity contribution is 9.10. The number of benzene rings is 2. The molecule has 2 aromatic carbocycles. The van der Waals surface area contributed by atoms with Gasteiger partial charge in [0.25, 0.3) is 10.0 Å². The van der Waals surface area contributed by atoms with Gasteiger partial charge in [0.2, 0.25) is 5.91 Å². The van der Waals surface area contributed by atoms with Gasteiger partial charge in [0, 0.05) is 0 Å². The lowest BCUT2D eigenvalue weighted by Gasteiger charge is -2.10. The Labute approximate surface area is 161 Å². The van der Waals surface area contributed by atoms with Crippen molar-refractivity contribution < 1.29 is 22.7 Å². The number of ether oxygens (including phenoxy) is 2. The topological polar surface area (TPSA) is 81.7 Å². The van der Waals surface area contributed by atoms with Crippen molar-refractivity contribution in [1.82, 2.24) is 4.72 Å². The van der Waals surface area contributed by atoms with Crippen LogP contribution in [0.25, 0.3) is 0 Å². The van der Waals surface area contributed by atoms with E-state index in [1.807, 2.05) is 13.8 Å². The molecule has 8 heteroatoms. The summed E-state index contributed by atoms with van der Waals surface area (Å²) >= 11 is 3.27. The summed E-state index contributed by atoms with van der Waals surface area (Å²) in [7, 11) is -3.97. The third kappa shape index (κ3) is 5.47. The van der Waals surface area contributed by atoms with Crippen LogP contribution in [-0.4, -0.2) is 27.5 Å². The maximum Gasteiger partial charge on any atom is 0.264 e. The van der Waals surface area contributed by atoms with Crippen LogP contribution in [0, 0.1) is 0 Å². The first-order valence-corrected chi connectivity index (χ1v) is 10.3. The van der Waals surface area contributed by atoms with Gasteiger partial charge in [0.05, 0.1) is 29.0 Å². The van der Waals surface area contributed by atoms with Crippen LogP contribution < -0.4 is 14.2 Å². The van der Waals surface area contributed by atoms with Crippen LogP contribution in [-0.2, 0) is 21.2 Å². The van der Waals surface area contributed by atoms with E-state index in [0.717, 1.165) is 0 Å².